The quantitative estimate of drug-likeness (QED) is 0.144. The minimum Gasteiger partial charge on any atom is -0.293 e. The Morgan fingerprint density at radius 1 is 0.644 bits per heavy atom. The lowest BCUT2D eigenvalue weighted by Gasteiger charge is -2.10. The van der Waals surface area contributed by atoms with E-state index in [0.717, 1.165) is 44.6 Å². The van der Waals surface area contributed by atoms with Crippen LogP contribution in [0.2, 0.25) is 0 Å². The van der Waals surface area contributed by atoms with Gasteiger partial charge in [0.2, 0.25) is 0 Å². The first kappa shape index (κ1) is 26.9. The molecule has 4 nitrogen and oxygen atoms in total. The minimum absolute atomic E-state index is 0.634. The molecule has 0 atom stereocenters. The predicted molar refractivity (Wildman–Crippen MR) is 192 cm³/mol. The molecule has 0 bridgehead atoms. The summed E-state index contributed by atoms with van der Waals surface area (Å²) < 4.78 is 4.78. The van der Waals surface area contributed by atoms with Gasteiger partial charge in [0, 0.05) is 48.4 Å². The topological polar surface area (TPSA) is 42.5 Å². The summed E-state index contributed by atoms with van der Waals surface area (Å²) in [5.74, 6) is 0.634. The Hall–Kier alpha value is -5.65. The molecular formula is C40H28N4S. The molecule has 0 N–H and O–H groups in total. The second-order valence-corrected chi connectivity index (χ2v) is 12.1. The highest BCUT2D eigenvalue weighted by Gasteiger charge is 2.18. The van der Waals surface area contributed by atoms with Crippen LogP contribution in [0.3, 0.4) is 0 Å². The van der Waals surface area contributed by atoms with Crippen LogP contribution in [-0.4, -0.2) is 21.1 Å². The smallest absolute Gasteiger partial charge is 0.160 e. The van der Waals surface area contributed by atoms with E-state index in [1.54, 1.807) is 0 Å². The van der Waals surface area contributed by atoms with E-state index in [0.29, 0.717) is 11.5 Å². The number of rotatable bonds is 5. The molecule has 0 aliphatic carbocycles. The fourth-order valence-corrected chi connectivity index (χ4v) is 7.15. The maximum atomic E-state index is 5.10. The molecule has 5 aromatic carbocycles. The number of nitrogens with zero attached hydrogens (tertiary/aromatic N) is 4. The molecule has 8 aromatic rings. The molecular weight excluding hydrogens is 569 g/mol. The van der Waals surface area contributed by atoms with E-state index in [9.17, 15) is 0 Å². The van der Waals surface area contributed by atoms with Crippen molar-refractivity contribution in [2.45, 2.75) is 6.92 Å². The highest BCUT2D eigenvalue weighted by molar-refractivity contribution is 7.25. The number of amidine groups is 1. The monoisotopic (exact) mass is 596 g/mol. The number of aliphatic imine (C=N–C) groups is 2. The van der Waals surface area contributed by atoms with Crippen molar-refractivity contribution < 1.29 is 0 Å². The summed E-state index contributed by atoms with van der Waals surface area (Å²) in [6.45, 7) is 6.31. The molecule has 45 heavy (non-hydrogen) atoms. The Bertz CT molecular complexity index is 2390. The van der Waals surface area contributed by atoms with Gasteiger partial charge in [0.05, 0.1) is 16.9 Å². The van der Waals surface area contributed by atoms with Gasteiger partial charge in [-0.05, 0) is 60.5 Å². The van der Waals surface area contributed by atoms with Crippen molar-refractivity contribution in [1.82, 2.24) is 9.55 Å². The maximum Gasteiger partial charge on any atom is 0.160 e. The molecule has 3 aromatic heterocycles. The van der Waals surface area contributed by atoms with Crippen molar-refractivity contribution in [3.05, 3.63) is 163 Å². The number of benzene rings is 5. The SMILES string of the molecule is C=C(/N=C(\N=C(/C)c1ccc2sc3cccc(-n4c5ccccc5c5cccnc54)c3c2c1)c1ccccc1)c1ccccc1. The zero-order chi connectivity index (χ0) is 30.3. The van der Waals surface area contributed by atoms with E-state index in [-0.39, 0.29) is 0 Å². The van der Waals surface area contributed by atoms with Crippen LogP contribution in [0.15, 0.2) is 156 Å². The zero-order valence-electron chi connectivity index (χ0n) is 24.7. The average molecular weight is 597 g/mol. The van der Waals surface area contributed by atoms with Gasteiger partial charge in [-0.3, -0.25) is 4.57 Å². The third kappa shape index (κ3) is 4.74. The molecule has 0 spiro atoms. The lowest BCUT2D eigenvalue weighted by molar-refractivity contribution is 1.15. The molecule has 0 aliphatic rings. The fourth-order valence-electron chi connectivity index (χ4n) is 6.05. The summed E-state index contributed by atoms with van der Waals surface area (Å²) in [5.41, 5.74) is 7.75. The fraction of sp³-hybridized carbons (Fsp3) is 0.0250. The van der Waals surface area contributed by atoms with Crippen molar-refractivity contribution in [3.8, 4) is 5.69 Å². The standard InChI is InChI=1S/C40H28N4S/c1-26(28-13-5-3-6-14-28)42-39(29-15-7-4-8-16-29)43-27(2)30-22-23-36-33(25-30)38-35(20-11-21-37(38)45-36)44-34-19-10-9-17-31(34)32-18-12-24-41-40(32)44/h3-25H,1H2,2H3/b42-39-,43-27+. The summed E-state index contributed by atoms with van der Waals surface area (Å²) >= 11 is 1.81. The summed E-state index contributed by atoms with van der Waals surface area (Å²) in [7, 11) is 0. The Morgan fingerprint density at radius 3 is 2.20 bits per heavy atom. The van der Waals surface area contributed by atoms with E-state index in [4.69, 9.17) is 15.0 Å². The van der Waals surface area contributed by atoms with E-state index >= 15 is 0 Å². The van der Waals surface area contributed by atoms with Gasteiger partial charge in [0.25, 0.3) is 0 Å². The van der Waals surface area contributed by atoms with Crippen LogP contribution < -0.4 is 0 Å². The summed E-state index contributed by atoms with van der Waals surface area (Å²) in [4.78, 5) is 14.9. The first-order valence-corrected chi connectivity index (χ1v) is 15.7. The van der Waals surface area contributed by atoms with E-state index < -0.39 is 0 Å². The summed E-state index contributed by atoms with van der Waals surface area (Å²) in [6, 6.07) is 46.0. The van der Waals surface area contributed by atoms with Crippen LogP contribution in [-0.2, 0) is 0 Å². The number of thiophene rings is 1. The third-order valence-corrected chi connectivity index (χ3v) is 9.35. The Balaban J connectivity index is 1.30. The number of hydrogen-bond acceptors (Lipinski definition) is 3. The lowest BCUT2D eigenvalue weighted by atomic mass is 10.0. The van der Waals surface area contributed by atoms with Crippen LogP contribution in [0.4, 0.5) is 0 Å². The molecule has 0 unspecified atom stereocenters. The Kier molecular flexibility index (Phi) is 6.66. The van der Waals surface area contributed by atoms with Crippen LogP contribution >= 0.6 is 11.3 Å². The molecule has 0 saturated heterocycles. The normalized spacial score (nSPS) is 12.5. The molecule has 0 fully saturated rings. The second kappa shape index (κ2) is 11.1. The predicted octanol–water partition coefficient (Wildman–Crippen LogP) is 10.5. The first-order chi connectivity index (χ1) is 22.2. The molecule has 5 heteroatoms. The molecule has 0 saturated carbocycles. The van der Waals surface area contributed by atoms with Crippen molar-refractivity contribution in [3.63, 3.8) is 0 Å². The molecule has 214 valence electrons. The maximum absolute atomic E-state index is 5.10. The summed E-state index contributed by atoms with van der Waals surface area (Å²) in [6.07, 6.45) is 1.87. The Labute approximate surface area is 265 Å². The van der Waals surface area contributed by atoms with Crippen molar-refractivity contribution in [2.75, 3.05) is 0 Å². The van der Waals surface area contributed by atoms with Gasteiger partial charge in [0.1, 0.15) is 5.65 Å². The molecule has 0 aliphatic heterocycles. The van der Waals surface area contributed by atoms with Crippen LogP contribution in [0.1, 0.15) is 23.6 Å². The molecule has 0 amide bonds. The zero-order valence-corrected chi connectivity index (χ0v) is 25.5. The number of para-hydroxylation sites is 1. The van der Waals surface area contributed by atoms with Gasteiger partial charge in [0.15, 0.2) is 5.84 Å². The summed E-state index contributed by atoms with van der Waals surface area (Å²) in [5, 5.41) is 4.77. The van der Waals surface area contributed by atoms with Crippen LogP contribution in [0.25, 0.3) is 53.5 Å². The van der Waals surface area contributed by atoms with Crippen molar-refractivity contribution >= 4 is 70.7 Å². The number of fused-ring (bicyclic) bond motifs is 6. The second-order valence-electron chi connectivity index (χ2n) is 11.0. The Morgan fingerprint density at radius 2 is 1.38 bits per heavy atom. The highest BCUT2D eigenvalue weighted by Crippen LogP contribution is 2.40. The number of pyridine rings is 1. The first-order valence-electron chi connectivity index (χ1n) is 14.9. The van der Waals surface area contributed by atoms with Gasteiger partial charge in [-0.1, -0.05) is 97.6 Å². The van der Waals surface area contributed by atoms with E-state index in [1.165, 1.54) is 25.6 Å². The number of aromatic nitrogens is 2. The largest absolute Gasteiger partial charge is 0.293 e. The van der Waals surface area contributed by atoms with Crippen molar-refractivity contribution in [2.24, 2.45) is 9.98 Å². The van der Waals surface area contributed by atoms with Gasteiger partial charge < -0.3 is 0 Å². The van der Waals surface area contributed by atoms with Gasteiger partial charge in [-0.25, -0.2) is 15.0 Å². The molecule has 0 radical (unpaired) electrons. The minimum atomic E-state index is 0.634. The van der Waals surface area contributed by atoms with E-state index in [2.05, 4.69) is 84.8 Å². The number of hydrogen-bond donors (Lipinski definition) is 0. The van der Waals surface area contributed by atoms with Gasteiger partial charge >= 0.3 is 0 Å². The third-order valence-electron chi connectivity index (χ3n) is 8.22. The van der Waals surface area contributed by atoms with Gasteiger partial charge in [-0.2, -0.15) is 0 Å². The average Bonchev–Trinajstić information content (AvgIpc) is 3.64. The van der Waals surface area contributed by atoms with Gasteiger partial charge in [-0.15, -0.1) is 11.3 Å². The highest BCUT2D eigenvalue weighted by atomic mass is 32.1. The molecule has 8 rings (SSSR count). The van der Waals surface area contributed by atoms with Crippen LogP contribution in [0, 0.1) is 0 Å². The van der Waals surface area contributed by atoms with Crippen molar-refractivity contribution in [1.29, 1.82) is 0 Å². The van der Waals surface area contributed by atoms with E-state index in [1.807, 2.05) is 84.3 Å². The van der Waals surface area contributed by atoms with Crippen LogP contribution in [0.5, 0.6) is 0 Å². The lowest BCUT2D eigenvalue weighted by Crippen LogP contribution is -2.04. The molecule has 3 heterocycles.